The fraction of sp³-hybridized carbons (Fsp3) is 0.250. The molecule has 17 heavy (non-hydrogen) atoms. The largest absolute Gasteiger partial charge is 0.351 e. The van der Waals surface area contributed by atoms with E-state index in [-0.39, 0.29) is 5.91 Å². The van der Waals surface area contributed by atoms with Gasteiger partial charge in [0.1, 0.15) is 5.69 Å². The van der Waals surface area contributed by atoms with Crippen molar-refractivity contribution in [3.05, 3.63) is 35.0 Å². The van der Waals surface area contributed by atoms with Crippen molar-refractivity contribution in [3.63, 3.8) is 0 Å². The molecule has 0 aliphatic heterocycles. The summed E-state index contributed by atoms with van der Waals surface area (Å²) in [5.41, 5.74) is 1.44. The molecular weight excluding hydrogens is 304 g/mol. The molecule has 0 saturated heterocycles. The number of hydrogen-bond acceptors (Lipinski definition) is 1. The van der Waals surface area contributed by atoms with Crippen LogP contribution in [0.15, 0.2) is 24.3 Å². The summed E-state index contributed by atoms with van der Waals surface area (Å²) in [7, 11) is 0. The van der Waals surface area contributed by atoms with Crippen LogP contribution in [0.3, 0.4) is 0 Å². The average molecular weight is 316 g/mol. The lowest BCUT2D eigenvalue weighted by atomic mass is 10.2. The number of rotatable bonds is 4. The van der Waals surface area contributed by atoms with Crippen molar-refractivity contribution in [2.45, 2.75) is 6.42 Å². The van der Waals surface area contributed by atoms with Gasteiger partial charge in [-0.1, -0.05) is 33.6 Å². The van der Waals surface area contributed by atoms with Gasteiger partial charge in [-0.2, -0.15) is 0 Å². The second-order valence-corrected chi connectivity index (χ2v) is 4.94. The van der Waals surface area contributed by atoms with E-state index in [0.29, 0.717) is 17.3 Å². The predicted octanol–water partition coefficient (Wildman–Crippen LogP) is 3.34. The normalized spacial score (nSPS) is 10.7. The number of aromatic nitrogens is 1. The molecule has 1 aromatic carbocycles. The van der Waals surface area contributed by atoms with Crippen LogP contribution in [0.4, 0.5) is 0 Å². The second-order valence-electron chi connectivity index (χ2n) is 3.71. The van der Waals surface area contributed by atoms with Crippen LogP contribution >= 0.6 is 27.5 Å². The molecule has 0 aliphatic carbocycles. The van der Waals surface area contributed by atoms with Gasteiger partial charge in [-0.05, 0) is 24.6 Å². The van der Waals surface area contributed by atoms with E-state index >= 15 is 0 Å². The number of fused-ring (bicyclic) bond motifs is 1. The number of carbonyl (C=O) groups excluding carboxylic acids is 1. The molecule has 0 spiro atoms. The van der Waals surface area contributed by atoms with Gasteiger partial charge in [0, 0.05) is 27.8 Å². The molecule has 0 unspecified atom stereocenters. The van der Waals surface area contributed by atoms with E-state index in [0.717, 1.165) is 22.7 Å². The van der Waals surface area contributed by atoms with Crippen molar-refractivity contribution in [2.75, 3.05) is 11.9 Å². The molecule has 2 aromatic rings. The van der Waals surface area contributed by atoms with Crippen LogP contribution in [0.2, 0.25) is 5.02 Å². The Morgan fingerprint density at radius 3 is 3.00 bits per heavy atom. The van der Waals surface area contributed by atoms with Crippen molar-refractivity contribution in [3.8, 4) is 0 Å². The van der Waals surface area contributed by atoms with Gasteiger partial charge in [0.05, 0.1) is 0 Å². The van der Waals surface area contributed by atoms with Gasteiger partial charge in [-0.15, -0.1) is 0 Å². The molecule has 0 saturated carbocycles. The highest BCUT2D eigenvalue weighted by molar-refractivity contribution is 9.09. The first-order valence-electron chi connectivity index (χ1n) is 5.33. The molecule has 1 aromatic heterocycles. The Morgan fingerprint density at radius 2 is 2.24 bits per heavy atom. The maximum atomic E-state index is 11.8. The fourth-order valence-electron chi connectivity index (χ4n) is 1.59. The summed E-state index contributed by atoms with van der Waals surface area (Å²) in [6.07, 6.45) is 0.914. The standard InChI is InChI=1S/C12H12BrClN2O/c13-4-1-5-15-12(17)11-6-8-2-3-9(14)7-10(8)16-11/h2-3,6-7,16H,1,4-5H2,(H,15,17). The Bertz CT molecular complexity index is 538. The number of hydrogen-bond donors (Lipinski definition) is 2. The predicted molar refractivity (Wildman–Crippen MR) is 74.1 cm³/mol. The third-order valence-corrected chi connectivity index (χ3v) is 3.22. The number of halogens is 2. The molecule has 0 atom stereocenters. The van der Waals surface area contributed by atoms with E-state index in [1.807, 2.05) is 24.3 Å². The number of amides is 1. The Hall–Kier alpha value is -1.00. The molecular formula is C12H12BrClN2O. The third-order valence-electron chi connectivity index (χ3n) is 2.43. The van der Waals surface area contributed by atoms with Gasteiger partial charge in [0.2, 0.25) is 0 Å². The van der Waals surface area contributed by atoms with Gasteiger partial charge < -0.3 is 10.3 Å². The van der Waals surface area contributed by atoms with Crippen molar-refractivity contribution < 1.29 is 4.79 Å². The average Bonchev–Trinajstić information content (AvgIpc) is 2.72. The Balaban J connectivity index is 2.15. The zero-order valence-electron chi connectivity index (χ0n) is 9.09. The molecule has 1 heterocycles. The van der Waals surface area contributed by atoms with E-state index < -0.39 is 0 Å². The van der Waals surface area contributed by atoms with Crippen molar-refractivity contribution >= 4 is 44.3 Å². The summed E-state index contributed by atoms with van der Waals surface area (Å²) >= 11 is 9.20. The minimum Gasteiger partial charge on any atom is -0.351 e. The van der Waals surface area contributed by atoms with Crippen LogP contribution in [0.25, 0.3) is 10.9 Å². The summed E-state index contributed by atoms with van der Waals surface area (Å²) in [4.78, 5) is 14.8. The highest BCUT2D eigenvalue weighted by Gasteiger charge is 2.08. The molecule has 0 bridgehead atoms. The number of carbonyl (C=O) groups is 1. The summed E-state index contributed by atoms with van der Waals surface area (Å²) in [5, 5.41) is 5.37. The maximum absolute atomic E-state index is 11.8. The maximum Gasteiger partial charge on any atom is 0.267 e. The summed E-state index contributed by atoms with van der Waals surface area (Å²) < 4.78 is 0. The van der Waals surface area contributed by atoms with E-state index in [1.54, 1.807) is 0 Å². The molecule has 1 amide bonds. The minimum atomic E-state index is -0.0849. The van der Waals surface area contributed by atoms with Gasteiger partial charge in [0.25, 0.3) is 5.91 Å². The van der Waals surface area contributed by atoms with Crippen LogP contribution in [-0.4, -0.2) is 22.8 Å². The van der Waals surface area contributed by atoms with Crippen LogP contribution < -0.4 is 5.32 Å². The van der Waals surface area contributed by atoms with Gasteiger partial charge in [0.15, 0.2) is 0 Å². The molecule has 2 rings (SSSR count). The van der Waals surface area contributed by atoms with Crippen LogP contribution in [0.5, 0.6) is 0 Å². The summed E-state index contributed by atoms with van der Waals surface area (Å²) in [6.45, 7) is 0.667. The lowest BCUT2D eigenvalue weighted by Gasteiger charge is -2.00. The molecule has 2 N–H and O–H groups in total. The van der Waals surface area contributed by atoms with E-state index in [9.17, 15) is 4.79 Å². The SMILES string of the molecule is O=C(NCCCBr)c1cc2ccc(Cl)cc2[nH]1. The molecule has 0 radical (unpaired) electrons. The van der Waals surface area contributed by atoms with Crippen LogP contribution in [0, 0.1) is 0 Å². The Kier molecular flexibility index (Phi) is 4.07. The van der Waals surface area contributed by atoms with Crippen molar-refractivity contribution in [2.24, 2.45) is 0 Å². The molecule has 90 valence electrons. The first-order valence-corrected chi connectivity index (χ1v) is 6.83. The number of aromatic amines is 1. The van der Waals surface area contributed by atoms with E-state index in [4.69, 9.17) is 11.6 Å². The smallest absolute Gasteiger partial charge is 0.267 e. The quantitative estimate of drug-likeness (QED) is 0.659. The van der Waals surface area contributed by atoms with Crippen LogP contribution in [-0.2, 0) is 0 Å². The molecule has 0 aliphatic rings. The molecule has 0 fully saturated rings. The molecule has 5 heteroatoms. The fourth-order valence-corrected chi connectivity index (χ4v) is 2.04. The van der Waals surface area contributed by atoms with Gasteiger partial charge in [-0.25, -0.2) is 0 Å². The lowest BCUT2D eigenvalue weighted by molar-refractivity contribution is 0.0949. The van der Waals surface area contributed by atoms with Crippen LogP contribution in [0.1, 0.15) is 16.9 Å². The zero-order valence-corrected chi connectivity index (χ0v) is 11.4. The van der Waals surface area contributed by atoms with Gasteiger partial charge >= 0.3 is 0 Å². The minimum absolute atomic E-state index is 0.0849. The highest BCUT2D eigenvalue weighted by atomic mass is 79.9. The summed E-state index contributed by atoms with van der Waals surface area (Å²) in [6, 6.07) is 7.34. The number of benzene rings is 1. The highest BCUT2D eigenvalue weighted by Crippen LogP contribution is 2.19. The van der Waals surface area contributed by atoms with Crippen molar-refractivity contribution in [1.29, 1.82) is 0 Å². The van der Waals surface area contributed by atoms with Gasteiger partial charge in [-0.3, -0.25) is 4.79 Å². The Labute approximate surface area is 113 Å². The number of nitrogens with one attached hydrogen (secondary N) is 2. The summed E-state index contributed by atoms with van der Waals surface area (Å²) in [5.74, 6) is -0.0849. The monoisotopic (exact) mass is 314 g/mol. The first kappa shape index (κ1) is 12.5. The lowest BCUT2D eigenvalue weighted by Crippen LogP contribution is -2.24. The number of H-pyrrole nitrogens is 1. The zero-order chi connectivity index (χ0) is 12.3. The van der Waals surface area contributed by atoms with E-state index in [2.05, 4.69) is 26.2 Å². The Morgan fingerprint density at radius 1 is 1.41 bits per heavy atom. The molecule has 3 nitrogen and oxygen atoms in total. The third kappa shape index (κ3) is 3.01. The van der Waals surface area contributed by atoms with E-state index in [1.165, 1.54) is 0 Å². The second kappa shape index (κ2) is 5.56. The first-order chi connectivity index (χ1) is 8.20. The van der Waals surface area contributed by atoms with Crippen molar-refractivity contribution in [1.82, 2.24) is 10.3 Å². The number of alkyl halides is 1. The topological polar surface area (TPSA) is 44.9 Å².